The molecule has 0 N–H and O–H groups in total. The number of hydrogen-bond acceptors (Lipinski definition) is 4. The number of halogens is 3. The van der Waals surface area contributed by atoms with Crippen molar-refractivity contribution in [3.8, 4) is 5.75 Å². The van der Waals surface area contributed by atoms with E-state index in [-0.39, 0.29) is 4.90 Å². The average molecular weight is 595 g/mol. The van der Waals surface area contributed by atoms with E-state index in [2.05, 4.69) is 47.8 Å². The van der Waals surface area contributed by atoms with E-state index in [1.54, 1.807) is 31.2 Å². The fourth-order valence-corrected chi connectivity index (χ4v) is 6.28. The molecule has 0 saturated heterocycles. The lowest BCUT2D eigenvalue weighted by atomic mass is 10.2. The van der Waals surface area contributed by atoms with Gasteiger partial charge in [-0.1, -0.05) is 31.9 Å². The first kappa shape index (κ1) is 21.8. The number of ether oxygens (including phenoxy) is 1. The highest BCUT2D eigenvalue weighted by Crippen LogP contribution is 2.41. The molecule has 0 spiro atoms. The van der Waals surface area contributed by atoms with Crippen molar-refractivity contribution >= 4 is 68.7 Å². The Morgan fingerprint density at radius 1 is 1.04 bits per heavy atom. The van der Waals surface area contributed by atoms with Crippen LogP contribution >= 0.6 is 47.8 Å². The number of fused-ring (bicyclic) bond motifs is 1. The topological polar surface area (TPSA) is 51.5 Å². The van der Waals surface area contributed by atoms with Gasteiger partial charge in [-0.2, -0.15) is 0 Å². The lowest BCUT2D eigenvalue weighted by Crippen LogP contribution is -2.20. The molecule has 2 aromatic carbocycles. The van der Waals surface area contributed by atoms with Crippen molar-refractivity contribution in [1.82, 2.24) is 8.87 Å². The third-order valence-electron chi connectivity index (χ3n) is 4.25. The Morgan fingerprint density at radius 2 is 1.68 bits per heavy atom. The van der Waals surface area contributed by atoms with Crippen LogP contribution in [0, 0.1) is 6.92 Å². The minimum atomic E-state index is -3.81. The summed E-state index contributed by atoms with van der Waals surface area (Å²) in [5, 5.41) is 0.734. The van der Waals surface area contributed by atoms with Crippen LogP contribution in [0.4, 0.5) is 0 Å². The molecule has 0 aliphatic heterocycles. The standard InChI is InChI=1S/C19H19Br3N2O3S/c1-12-19(27-9-8-23(2)3)16-10-14(21)11-17(22)18(16)24(12)28(25,26)15-6-4-13(20)5-7-15/h4-7,10-11H,8-9H2,1-3H3. The fourth-order valence-electron chi connectivity index (χ4n) is 2.93. The number of nitrogens with zero attached hydrogens (tertiary/aromatic N) is 2. The van der Waals surface area contributed by atoms with E-state index in [1.807, 2.05) is 31.1 Å². The van der Waals surface area contributed by atoms with Gasteiger partial charge in [0.15, 0.2) is 0 Å². The summed E-state index contributed by atoms with van der Waals surface area (Å²) in [6.07, 6.45) is 0. The second-order valence-corrected chi connectivity index (χ2v) is 11.0. The van der Waals surface area contributed by atoms with E-state index in [0.717, 1.165) is 20.9 Å². The molecular formula is C19H19Br3N2O3S. The van der Waals surface area contributed by atoms with Crippen LogP contribution in [-0.2, 0) is 10.0 Å². The maximum absolute atomic E-state index is 13.5. The summed E-state index contributed by atoms with van der Waals surface area (Å²) in [5.74, 6) is 0.569. The Kier molecular flexibility index (Phi) is 6.61. The quantitative estimate of drug-likeness (QED) is 0.383. The van der Waals surface area contributed by atoms with Crippen molar-refractivity contribution < 1.29 is 13.2 Å². The largest absolute Gasteiger partial charge is 0.490 e. The van der Waals surface area contributed by atoms with Crippen LogP contribution in [0.5, 0.6) is 5.75 Å². The van der Waals surface area contributed by atoms with Gasteiger partial charge in [0.1, 0.15) is 12.4 Å². The van der Waals surface area contributed by atoms with Gasteiger partial charge in [-0.25, -0.2) is 12.4 Å². The molecule has 3 rings (SSSR count). The van der Waals surface area contributed by atoms with Gasteiger partial charge < -0.3 is 9.64 Å². The number of rotatable bonds is 6. The van der Waals surface area contributed by atoms with E-state index >= 15 is 0 Å². The lowest BCUT2D eigenvalue weighted by molar-refractivity contribution is 0.262. The third kappa shape index (κ3) is 4.18. The van der Waals surface area contributed by atoms with Gasteiger partial charge in [0.25, 0.3) is 10.0 Å². The second kappa shape index (κ2) is 8.47. The molecule has 0 unspecified atom stereocenters. The van der Waals surface area contributed by atoms with Crippen molar-refractivity contribution in [2.24, 2.45) is 0 Å². The first-order valence-electron chi connectivity index (χ1n) is 8.41. The highest BCUT2D eigenvalue weighted by Gasteiger charge is 2.27. The highest BCUT2D eigenvalue weighted by molar-refractivity contribution is 9.11. The maximum Gasteiger partial charge on any atom is 0.268 e. The molecule has 1 heterocycles. The zero-order chi connectivity index (χ0) is 20.6. The minimum Gasteiger partial charge on any atom is -0.490 e. The normalized spacial score (nSPS) is 12.1. The van der Waals surface area contributed by atoms with Gasteiger partial charge in [-0.15, -0.1) is 0 Å². The van der Waals surface area contributed by atoms with Crippen LogP contribution in [0.25, 0.3) is 10.9 Å². The summed E-state index contributed by atoms with van der Waals surface area (Å²) >= 11 is 10.4. The van der Waals surface area contributed by atoms with Gasteiger partial charge >= 0.3 is 0 Å². The molecule has 0 atom stereocenters. The molecule has 9 heteroatoms. The molecule has 3 aromatic rings. The van der Waals surface area contributed by atoms with Gasteiger partial charge in [-0.3, -0.25) is 0 Å². The highest BCUT2D eigenvalue weighted by atomic mass is 79.9. The second-order valence-electron chi connectivity index (χ2n) is 6.57. The molecule has 0 aliphatic rings. The van der Waals surface area contributed by atoms with Crippen LogP contribution in [0.1, 0.15) is 5.69 Å². The molecule has 1 aromatic heterocycles. The lowest BCUT2D eigenvalue weighted by Gasteiger charge is -2.12. The molecule has 150 valence electrons. The summed E-state index contributed by atoms with van der Waals surface area (Å²) in [4.78, 5) is 2.23. The van der Waals surface area contributed by atoms with Crippen molar-refractivity contribution in [2.45, 2.75) is 11.8 Å². The summed E-state index contributed by atoms with van der Waals surface area (Å²) in [6.45, 7) is 2.94. The fraction of sp³-hybridized carbons (Fsp3) is 0.263. The van der Waals surface area contributed by atoms with E-state index < -0.39 is 10.0 Å². The van der Waals surface area contributed by atoms with Crippen molar-refractivity contribution in [3.05, 3.63) is 55.5 Å². The van der Waals surface area contributed by atoms with Crippen molar-refractivity contribution in [3.63, 3.8) is 0 Å². The number of hydrogen-bond donors (Lipinski definition) is 0. The van der Waals surface area contributed by atoms with Gasteiger partial charge in [0.2, 0.25) is 0 Å². The third-order valence-corrected chi connectivity index (χ3v) is 7.64. The summed E-state index contributed by atoms with van der Waals surface area (Å²) in [5.41, 5.74) is 1.10. The van der Waals surface area contributed by atoms with Crippen molar-refractivity contribution in [1.29, 1.82) is 0 Å². The average Bonchev–Trinajstić information content (AvgIpc) is 2.88. The number of aromatic nitrogens is 1. The smallest absolute Gasteiger partial charge is 0.268 e. The van der Waals surface area contributed by atoms with Gasteiger partial charge in [0, 0.05) is 25.3 Å². The number of likely N-dealkylation sites (N-methyl/N-ethyl adjacent to an activating group) is 1. The Labute approximate surface area is 190 Å². The zero-order valence-corrected chi connectivity index (χ0v) is 21.1. The monoisotopic (exact) mass is 592 g/mol. The molecule has 0 bridgehead atoms. The predicted molar refractivity (Wildman–Crippen MR) is 123 cm³/mol. The van der Waals surface area contributed by atoms with Crippen molar-refractivity contribution in [2.75, 3.05) is 27.2 Å². The Hall–Kier alpha value is -0.870. The summed E-state index contributed by atoms with van der Waals surface area (Å²) in [6, 6.07) is 10.3. The SMILES string of the molecule is Cc1c(OCCN(C)C)c2cc(Br)cc(Br)c2n1S(=O)(=O)c1ccc(Br)cc1. The summed E-state index contributed by atoms with van der Waals surface area (Å²) < 4.78 is 36.6. The van der Waals surface area contributed by atoms with E-state index in [9.17, 15) is 8.42 Å². The first-order chi connectivity index (χ1) is 13.1. The van der Waals surface area contributed by atoms with E-state index in [0.29, 0.717) is 28.0 Å². The Morgan fingerprint density at radius 3 is 2.29 bits per heavy atom. The van der Waals surface area contributed by atoms with Crippen LogP contribution in [-0.4, -0.2) is 44.5 Å². The molecule has 5 nitrogen and oxygen atoms in total. The Bertz CT molecular complexity index is 1120. The molecule has 0 amide bonds. The molecule has 0 fully saturated rings. The van der Waals surface area contributed by atoms with Crippen LogP contribution in [0.15, 0.2) is 54.7 Å². The first-order valence-corrected chi connectivity index (χ1v) is 12.2. The molecule has 0 saturated carbocycles. The zero-order valence-electron chi connectivity index (χ0n) is 15.5. The summed E-state index contributed by atoms with van der Waals surface area (Å²) in [7, 11) is 0.117. The van der Waals surface area contributed by atoms with Gasteiger partial charge in [0.05, 0.1) is 16.1 Å². The maximum atomic E-state index is 13.5. The number of benzene rings is 2. The molecule has 28 heavy (non-hydrogen) atoms. The predicted octanol–water partition coefficient (Wildman–Crippen LogP) is 5.41. The molecular weight excluding hydrogens is 576 g/mol. The van der Waals surface area contributed by atoms with Crippen LogP contribution < -0.4 is 4.74 Å². The molecule has 0 aliphatic carbocycles. The van der Waals surface area contributed by atoms with Crippen LogP contribution in [0.3, 0.4) is 0 Å². The Balaban J connectivity index is 2.25. The minimum absolute atomic E-state index is 0.213. The van der Waals surface area contributed by atoms with Crippen LogP contribution in [0.2, 0.25) is 0 Å². The van der Waals surface area contributed by atoms with E-state index in [4.69, 9.17) is 4.74 Å². The molecule has 0 radical (unpaired) electrons. The van der Waals surface area contributed by atoms with Gasteiger partial charge in [-0.05, 0) is 73.3 Å². The van der Waals surface area contributed by atoms with E-state index in [1.165, 1.54) is 3.97 Å².